The third-order valence-corrected chi connectivity index (χ3v) is 7.16. The van der Waals surface area contributed by atoms with Crippen LogP contribution in [0.2, 0.25) is 10.0 Å². The normalized spacial score (nSPS) is 12.2. The molecule has 0 spiro atoms. The summed E-state index contributed by atoms with van der Waals surface area (Å²) in [5.41, 5.74) is 1.02. The first-order valence-corrected chi connectivity index (χ1v) is 13.9. The maximum absolute atomic E-state index is 13.6. The number of carbonyl (C=O) groups is 3. The Balaban J connectivity index is 2.44. The quantitative estimate of drug-likeness (QED) is 0.419. The maximum Gasteiger partial charge on any atom is 0.244 e. The molecule has 36 heavy (non-hydrogen) atoms. The summed E-state index contributed by atoms with van der Waals surface area (Å²) in [5, 5.41) is 3.53. The Bertz CT molecular complexity index is 1230. The van der Waals surface area contributed by atoms with Crippen molar-refractivity contribution in [2.45, 2.75) is 40.3 Å². The second kappa shape index (κ2) is 12.6. The van der Waals surface area contributed by atoms with Crippen LogP contribution in [0.25, 0.3) is 0 Å². The molecular formula is C25H31Cl2N3O5S. The molecule has 196 valence electrons. The van der Waals surface area contributed by atoms with E-state index < -0.39 is 28.5 Å². The largest absolute Gasteiger partial charge is 0.354 e. The van der Waals surface area contributed by atoms with Gasteiger partial charge in [0, 0.05) is 28.7 Å². The van der Waals surface area contributed by atoms with Crippen LogP contribution >= 0.6 is 23.2 Å². The molecule has 11 heteroatoms. The molecule has 2 aromatic rings. The number of anilines is 1. The van der Waals surface area contributed by atoms with Crippen molar-refractivity contribution < 1.29 is 22.8 Å². The van der Waals surface area contributed by atoms with E-state index in [9.17, 15) is 22.8 Å². The lowest BCUT2D eigenvalue weighted by Gasteiger charge is -2.32. The van der Waals surface area contributed by atoms with Gasteiger partial charge in [0.15, 0.2) is 5.78 Å². The molecule has 0 aliphatic heterocycles. The molecule has 0 aromatic heterocycles. The first kappa shape index (κ1) is 29.6. The molecule has 0 saturated heterocycles. The molecule has 0 fully saturated rings. The summed E-state index contributed by atoms with van der Waals surface area (Å²) in [6, 6.07) is 9.88. The van der Waals surface area contributed by atoms with E-state index in [2.05, 4.69) is 5.32 Å². The Morgan fingerprint density at radius 2 is 1.69 bits per heavy atom. The number of nitrogens with zero attached hydrogens (tertiary/aromatic N) is 2. The fraction of sp³-hybridized carbons (Fsp3) is 0.400. The number of nitrogens with one attached hydrogen (secondary N) is 1. The van der Waals surface area contributed by atoms with Gasteiger partial charge in [0.25, 0.3) is 0 Å². The van der Waals surface area contributed by atoms with Crippen molar-refractivity contribution in [3.63, 3.8) is 0 Å². The molecule has 1 atom stereocenters. The lowest BCUT2D eigenvalue weighted by molar-refractivity contribution is -0.139. The van der Waals surface area contributed by atoms with E-state index in [0.29, 0.717) is 27.7 Å². The van der Waals surface area contributed by atoms with Gasteiger partial charge in [0.1, 0.15) is 12.6 Å². The zero-order valence-electron chi connectivity index (χ0n) is 20.9. The Hall–Kier alpha value is -2.62. The van der Waals surface area contributed by atoms with Gasteiger partial charge >= 0.3 is 0 Å². The lowest BCUT2D eigenvalue weighted by atomic mass is 10.1. The first-order valence-electron chi connectivity index (χ1n) is 11.3. The number of amides is 2. The van der Waals surface area contributed by atoms with Crippen LogP contribution < -0.4 is 9.62 Å². The number of rotatable bonds is 11. The summed E-state index contributed by atoms with van der Waals surface area (Å²) in [6.45, 7) is 6.62. The number of hydrogen-bond acceptors (Lipinski definition) is 5. The Labute approximate surface area is 222 Å². The van der Waals surface area contributed by atoms with Crippen LogP contribution in [0.3, 0.4) is 0 Å². The number of halogens is 2. The van der Waals surface area contributed by atoms with Crippen LogP contribution in [-0.2, 0) is 26.2 Å². The van der Waals surface area contributed by atoms with E-state index in [1.165, 1.54) is 30.0 Å². The van der Waals surface area contributed by atoms with E-state index in [1.54, 1.807) is 31.2 Å². The van der Waals surface area contributed by atoms with E-state index in [-0.39, 0.29) is 29.8 Å². The number of benzene rings is 2. The van der Waals surface area contributed by atoms with Crippen molar-refractivity contribution in [1.29, 1.82) is 0 Å². The molecule has 2 amide bonds. The molecule has 0 radical (unpaired) electrons. The van der Waals surface area contributed by atoms with Gasteiger partial charge in [-0.3, -0.25) is 18.7 Å². The predicted octanol–water partition coefficient (Wildman–Crippen LogP) is 4.15. The van der Waals surface area contributed by atoms with Crippen LogP contribution in [0.5, 0.6) is 0 Å². The van der Waals surface area contributed by atoms with Crippen molar-refractivity contribution in [3.8, 4) is 0 Å². The maximum atomic E-state index is 13.6. The minimum atomic E-state index is -3.91. The molecule has 2 aromatic carbocycles. The van der Waals surface area contributed by atoms with Crippen LogP contribution in [-0.4, -0.2) is 56.3 Å². The standard InChI is InChI=1S/C25H31Cl2N3O5S/c1-16(2)13-28-25(33)17(3)29(14-20-9-10-21(26)12-23(20)27)24(32)15-30(36(5,34)35)22-8-6-7-19(11-22)18(4)31/h6-12,16-17H,13-15H2,1-5H3,(H,28,33)/t17-/m1/s1. The minimum Gasteiger partial charge on any atom is -0.354 e. The highest BCUT2D eigenvalue weighted by molar-refractivity contribution is 7.92. The van der Waals surface area contributed by atoms with Gasteiger partial charge in [0.05, 0.1) is 11.9 Å². The Morgan fingerprint density at radius 1 is 1.03 bits per heavy atom. The number of sulfonamides is 1. The van der Waals surface area contributed by atoms with Crippen molar-refractivity contribution in [2.75, 3.05) is 23.7 Å². The summed E-state index contributed by atoms with van der Waals surface area (Å²) in [7, 11) is -3.91. The Morgan fingerprint density at radius 3 is 2.25 bits per heavy atom. The molecule has 0 heterocycles. The summed E-state index contributed by atoms with van der Waals surface area (Å²) in [5.74, 6) is -1.05. The van der Waals surface area contributed by atoms with Gasteiger partial charge in [-0.25, -0.2) is 8.42 Å². The summed E-state index contributed by atoms with van der Waals surface area (Å²) in [4.78, 5) is 39.5. The average Bonchev–Trinajstić information content (AvgIpc) is 2.79. The van der Waals surface area contributed by atoms with Gasteiger partial charge in [-0.05, 0) is 49.6 Å². The van der Waals surface area contributed by atoms with E-state index in [4.69, 9.17) is 23.2 Å². The van der Waals surface area contributed by atoms with Crippen LogP contribution in [0, 0.1) is 5.92 Å². The molecule has 0 unspecified atom stereocenters. The third-order valence-electron chi connectivity index (χ3n) is 5.43. The first-order chi connectivity index (χ1) is 16.7. The highest BCUT2D eigenvalue weighted by Gasteiger charge is 2.30. The molecule has 0 aliphatic rings. The predicted molar refractivity (Wildman–Crippen MR) is 143 cm³/mol. The number of Topliss-reactive ketones (excluding diaryl/α,β-unsaturated/α-hetero) is 1. The highest BCUT2D eigenvalue weighted by atomic mass is 35.5. The Kier molecular flexibility index (Phi) is 10.3. The van der Waals surface area contributed by atoms with E-state index in [1.807, 2.05) is 13.8 Å². The van der Waals surface area contributed by atoms with Crippen molar-refractivity contribution in [1.82, 2.24) is 10.2 Å². The minimum absolute atomic E-state index is 0.0454. The second-order valence-corrected chi connectivity index (χ2v) is 11.7. The molecular weight excluding hydrogens is 525 g/mol. The number of ketones is 1. The molecule has 8 nitrogen and oxygen atoms in total. The average molecular weight is 557 g/mol. The third kappa shape index (κ3) is 8.21. The molecule has 0 bridgehead atoms. The summed E-state index contributed by atoms with van der Waals surface area (Å²) in [6.07, 6.45) is 0.972. The fourth-order valence-electron chi connectivity index (χ4n) is 3.36. The van der Waals surface area contributed by atoms with Crippen LogP contribution in [0.15, 0.2) is 42.5 Å². The molecule has 0 aliphatic carbocycles. The molecule has 2 rings (SSSR count). The van der Waals surface area contributed by atoms with Gasteiger partial charge in [-0.1, -0.05) is 55.2 Å². The monoisotopic (exact) mass is 555 g/mol. The lowest BCUT2D eigenvalue weighted by Crippen LogP contribution is -2.51. The van der Waals surface area contributed by atoms with Gasteiger partial charge < -0.3 is 10.2 Å². The zero-order valence-corrected chi connectivity index (χ0v) is 23.2. The molecule has 0 saturated carbocycles. The highest BCUT2D eigenvalue weighted by Crippen LogP contribution is 2.24. The van der Waals surface area contributed by atoms with Crippen molar-refractivity contribution in [3.05, 3.63) is 63.6 Å². The topological polar surface area (TPSA) is 104 Å². The van der Waals surface area contributed by atoms with Crippen molar-refractivity contribution >= 4 is 56.5 Å². The number of hydrogen-bond donors (Lipinski definition) is 1. The number of carbonyl (C=O) groups excluding carboxylic acids is 3. The zero-order chi connectivity index (χ0) is 27.2. The van der Waals surface area contributed by atoms with E-state index in [0.717, 1.165) is 10.6 Å². The van der Waals surface area contributed by atoms with Crippen LogP contribution in [0.4, 0.5) is 5.69 Å². The smallest absolute Gasteiger partial charge is 0.244 e. The van der Waals surface area contributed by atoms with Gasteiger partial charge in [-0.2, -0.15) is 0 Å². The fourth-order valence-corrected chi connectivity index (χ4v) is 4.67. The molecule has 1 N–H and O–H groups in total. The SMILES string of the molecule is CC(=O)c1cccc(N(CC(=O)N(Cc2ccc(Cl)cc2Cl)[C@H](C)C(=O)NCC(C)C)S(C)(=O)=O)c1. The van der Waals surface area contributed by atoms with Gasteiger partial charge in [-0.15, -0.1) is 0 Å². The summed E-state index contributed by atoms with van der Waals surface area (Å²) >= 11 is 12.3. The van der Waals surface area contributed by atoms with E-state index >= 15 is 0 Å². The second-order valence-electron chi connectivity index (χ2n) is 8.95. The van der Waals surface area contributed by atoms with Crippen LogP contribution in [0.1, 0.15) is 43.6 Å². The summed E-state index contributed by atoms with van der Waals surface area (Å²) < 4.78 is 26.2. The van der Waals surface area contributed by atoms with Gasteiger partial charge in [0.2, 0.25) is 21.8 Å². The van der Waals surface area contributed by atoms with Crippen molar-refractivity contribution in [2.24, 2.45) is 5.92 Å².